The maximum Gasteiger partial charge on any atom is 1.00 e. The van der Waals surface area contributed by atoms with Gasteiger partial charge < -0.3 is 0 Å². The summed E-state index contributed by atoms with van der Waals surface area (Å²) in [5, 5.41) is 0. The molecule has 1 N–H and O–H groups in total. The van der Waals surface area contributed by atoms with Gasteiger partial charge in [0, 0.05) is 0 Å². The van der Waals surface area contributed by atoms with Crippen LogP contribution < -0.4 is 14.0 Å². The summed E-state index contributed by atoms with van der Waals surface area (Å²) in [6, 6.07) is 12.5. The van der Waals surface area contributed by atoms with Crippen LogP contribution in [0.5, 0.6) is 0 Å². The first-order valence-corrected chi connectivity index (χ1v) is 3.81. The van der Waals surface area contributed by atoms with Crippen molar-refractivity contribution in [3.63, 3.8) is 0 Å². The minimum atomic E-state index is -4.69. The SMILES string of the molecule is P.[Au+].[O-][Cl+3]([O-])([O-])O.[c-]1ccccc1. The third-order valence-corrected chi connectivity index (χ3v) is 0.607. The summed E-state index contributed by atoms with van der Waals surface area (Å²) in [7, 11) is -4.69. The topological polar surface area (TPSA) is 89.4 Å². The third kappa shape index (κ3) is 32.6. The number of benzene rings is 1. The van der Waals surface area contributed by atoms with Gasteiger partial charge in [-0.1, -0.05) is 0 Å². The molecule has 0 heterocycles. The standard InChI is InChI=1S/C6H5.Au.ClHO4.H3P/c1-2-4-6-5-3-1;;2-1(3,4)5;/h1-5H;;(H,2,3,4,5);1H3/q-1;+1;;. The zero-order valence-corrected chi connectivity index (χ0v) is 10.8. The second-order valence-electron chi connectivity index (χ2n) is 1.47. The Labute approximate surface area is 97.5 Å². The molecule has 0 aliphatic rings. The summed E-state index contributed by atoms with van der Waals surface area (Å²) in [6.45, 7) is 0. The molecule has 0 amide bonds. The molecular formula is C6H9AuClO4P. The molecule has 1 aromatic rings. The van der Waals surface area contributed by atoms with E-state index in [2.05, 4.69) is 6.07 Å². The van der Waals surface area contributed by atoms with Crippen molar-refractivity contribution in [1.82, 2.24) is 0 Å². The number of rotatable bonds is 0. The van der Waals surface area contributed by atoms with Crippen molar-refractivity contribution >= 4 is 9.90 Å². The van der Waals surface area contributed by atoms with Gasteiger partial charge in [0.2, 0.25) is 0 Å². The van der Waals surface area contributed by atoms with Crippen molar-refractivity contribution in [2.24, 2.45) is 0 Å². The van der Waals surface area contributed by atoms with Gasteiger partial charge in [-0.05, 0) is 0 Å². The molecule has 4 nitrogen and oxygen atoms in total. The molecule has 1 rings (SSSR count). The van der Waals surface area contributed by atoms with E-state index in [9.17, 15) is 0 Å². The van der Waals surface area contributed by atoms with E-state index in [1.807, 2.05) is 30.3 Å². The molecule has 0 fully saturated rings. The average molecular weight is 409 g/mol. The zero-order valence-electron chi connectivity index (χ0n) is 6.45. The van der Waals surface area contributed by atoms with E-state index in [1.54, 1.807) is 0 Å². The van der Waals surface area contributed by atoms with Gasteiger partial charge in [-0.25, -0.2) is 0 Å². The van der Waals surface area contributed by atoms with Crippen molar-refractivity contribution in [3.8, 4) is 0 Å². The molecule has 1 atom stereocenters. The first kappa shape index (κ1) is 19.1. The van der Waals surface area contributed by atoms with Crippen molar-refractivity contribution in [2.45, 2.75) is 0 Å². The Morgan fingerprint density at radius 2 is 1.31 bits per heavy atom. The predicted molar refractivity (Wildman–Crippen MR) is 38.6 cm³/mol. The van der Waals surface area contributed by atoms with Crippen LogP contribution in [0.25, 0.3) is 0 Å². The smallest absolute Gasteiger partial charge is 0.184 e. The zero-order chi connectivity index (χ0) is 8.74. The monoisotopic (exact) mass is 408 g/mol. The van der Waals surface area contributed by atoms with E-state index < -0.39 is 10.2 Å². The molecule has 13 heavy (non-hydrogen) atoms. The molecule has 0 saturated carbocycles. The van der Waals surface area contributed by atoms with Gasteiger partial charge in [0.25, 0.3) is 0 Å². The Balaban J connectivity index is -0.000000136. The van der Waals surface area contributed by atoms with E-state index in [0.29, 0.717) is 0 Å². The molecule has 0 spiro atoms. The van der Waals surface area contributed by atoms with Crippen LogP contribution in [0.2, 0.25) is 0 Å². The van der Waals surface area contributed by atoms with Gasteiger partial charge in [-0.2, -0.15) is 60.3 Å². The number of halogens is 1. The summed E-state index contributed by atoms with van der Waals surface area (Å²) in [6.07, 6.45) is 0. The molecule has 80 valence electrons. The van der Waals surface area contributed by atoms with Crippen LogP contribution >= 0.6 is 9.90 Å². The fourth-order valence-electron chi connectivity index (χ4n) is 0.342. The molecule has 7 heteroatoms. The van der Waals surface area contributed by atoms with Crippen LogP contribution in [0.15, 0.2) is 30.3 Å². The van der Waals surface area contributed by atoms with E-state index in [1.165, 1.54) is 0 Å². The molecule has 0 aliphatic heterocycles. The Kier molecular flexibility index (Phi) is 15.6. The Bertz CT molecular complexity index is 149. The van der Waals surface area contributed by atoms with Crippen molar-refractivity contribution in [2.75, 3.05) is 0 Å². The van der Waals surface area contributed by atoms with Crippen LogP contribution in [0.4, 0.5) is 0 Å². The van der Waals surface area contributed by atoms with Gasteiger partial charge in [0.15, 0.2) is 0 Å². The van der Waals surface area contributed by atoms with Crippen LogP contribution in [-0.4, -0.2) is 4.66 Å². The fourth-order valence-corrected chi connectivity index (χ4v) is 0.342. The summed E-state index contributed by atoms with van der Waals surface area (Å²) < 4.78 is 32.7. The van der Waals surface area contributed by atoms with Gasteiger partial charge >= 0.3 is 22.4 Å². The summed E-state index contributed by atoms with van der Waals surface area (Å²) in [4.78, 5) is 0. The van der Waals surface area contributed by atoms with Crippen molar-refractivity contribution in [1.29, 1.82) is 0 Å². The Hall–Kier alpha value is 0.520. The quantitative estimate of drug-likeness (QED) is 0.290. The second kappa shape index (κ2) is 10.6. The molecule has 1 aromatic carbocycles. The first-order chi connectivity index (χ1) is 5.00. The maximum absolute atomic E-state index is 8.60. The number of hydrogen-bond acceptors (Lipinski definition) is 4. The van der Waals surface area contributed by atoms with Crippen LogP contribution in [0, 0.1) is 16.3 Å². The van der Waals surface area contributed by atoms with E-state index >= 15 is 0 Å². The van der Waals surface area contributed by atoms with Crippen LogP contribution in [-0.2, 0) is 22.4 Å². The van der Waals surface area contributed by atoms with Crippen LogP contribution in [0.3, 0.4) is 0 Å². The normalized spacial score (nSPS) is 8.31. The molecule has 0 saturated heterocycles. The van der Waals surface area contributed by atoms with Crippen molar-refractivity contribution < 1.29 is 51.3 Å². The van der Waals surface area contributed by atoms with Gasteiger partial charge in [-0.3, -0.25) is 0 Å². The largest absolute Gasteiger partial charge is 1.00 e. The fraction of sp³-hybridized carbons (Fsp3) is 0. The van der Waals surface area contributed by atoms with Gasteiger partial charge in [0.1, 0.15) is 0 Å². The molecule has 0 aliphatic carbocycles. The summed E-state index contributed by atoms with van der Waals surface area (Å²) in [5.41, 5.74) is 0. The molecule has 1 unspecified atom stereocenters. The summed E-state index contributed by atoms with van der Waals surface area (Å²) >= 11 is 0. The summed E-state index contributed by atoms with van der Waals surface area (Å²) in [5.74, 6) is 0. The van der Waals surface area contributed by atoms with Gasteiger partial charge in [-0.15, -0.1) is 0 Å². The first-order valence-electron chi connectivity index (χ1n) is 2.54. The van der Waals surface area contributed by atoms with Crippen LogP contribution in [0.1, 0.15) is 0 Å². The number of hydrogen-bond donors (Lipinski definition) is 1. The second-order valence-corrected chi connectivity index (χ2v) is 2.27. The van der Waals surface area contributed by atoms with Gasteiger partial charge in [0.05, 0.1) is 14.9 Å². The molecule has 0 radical (unpaired) electrons. The molecule has 0 aromatic heterocycles. The van der Waals surface area contributed by atoms with E-state index in [4.69, 9.17) is 18.6 Å². The minimum Gasteiger partial charge on any atom is -0.184 e. The maximum atomic E-state index is 8.60. The minimum absolute atomic E-state index is 0. The predicted octanol–water partition coefficient (Wildman–Crippen LogP) is -2.58. The van der Waals surface area contributed by atoms with Crippen molar-refractivity contribution in [3.05, 3.63) is 36.4 Å². The van der Waals surface area contributed by atoms with E-state index in [0.717, 1.165) is 0 Å². The van der Waals surface area contributed by atoms with E-state index in [-0.39, 0.29) is 32.3 Å². The molecular weight excluding hydrogens is 399 g/mol. The Morgan fingerprint density at radius 3 is 1.38 bits per heavy atom. The molecule has 0 bridgehead atoms. The Morgan fingerprint density at radius 1 is 1.00 bits per heavy atom. The third-order valence-electron chi connectivity index (χ3n) is 0.607. The average Bonchev–Trinajstić information content (AvgIpc) is 1.88.